The van der Waals surface area contributed by atoms with E-state index < -0.39 is 0 Å². The Morgan fingerprint density at radius 2 is 2.25 bits per heavy atom. The summed E-state index contributed by atoms with van der Waals surface area (Å²) < 4.78 is 0. The molecule has 1 heterocycles. The Bertz CT molecular complexity index is 57.1. The van der Waals surface area contributed by atoms with Crippen LogP contribution in [0.4, 0.5) is 0 Å². The summed E-state index contributed by atoms with van der Waals surface area (Å²) >= 11 is 0. The van der Waals surface area contributed by atoms with Gasteiger partial charge in [-0.3, -0.25) is 0 Å². The van der Waals surface area contributed by atoms with Crippen molar-refractivity contribution in [3.8, 4) is 0 Å². The number of hydrogen-bond donors (Lipinski definition) is 1. The van der Waals surface area contributed by atoms with Crippen molar-refractivity contribution in [2.75, 3.05) is 0 Å². The quantitative estimate of drug-likeness (QED) is 0.368. The fourth-order valence-electron chi connectivity index (χ4n) is 0.0481. The lowest BCUT2D eigenvalue weighted by molar-refractivity contribution is 1.61. The summed E-state index contributed by atoms with van der Waals surface area (Å²) in [5.74, 6) is 1.86. The zero-order valence-corrected chi connectivity index (χ0v) is 2.23. The first kappa shape index (κ1) is 1.88. The van der Waals surface area contributed by atoms with Crippen molar-refractivity contribution in [3.63, 3.8) is 0 Å². The Balaban J connectivity index is 2.54. The van der Waals surface area contributed by atoms with Crippen molar-refractivity contribution in [1.82, 2.24) is 0 Å². The molecule has 0 bridgehead atoms. The van der Waals surface area contributed by atoms with Gasteiger partial charge in [0.15, 0.2) is 0 Å². The second kappa shape index (κ2) is 0.316. The van der Waals surface area contributed by atoms with Crippen molar-refractivity contribution < 1.29 is 0 Å². The molecule has 1 radical (unpaired) electrons. The Labute approximate surface area is 25.7 Å². The minimum Gasteiger partial charge on any atom is -0.411 e. The smallest absolute Gasteiger partial charge is 0.202 e. The van der Waals surface area contributed by atoms with Crippen molar-refractivity contribution >= 4 is 7.28 Å². The van der Waals surface area contributed by atoms with Gasteiger partial charge < -0.3 is 5.73 Å². The molecule has 1 aliphatic heterocycles. The molecule has 0 aromatic rings. The molecule has 0 aliphatic carbocycles. The molecule has 0 aromatic carbocycles. The van der Waals surface area contributed by atoms with Crippen LogP contribution in [0.15, 0.2) is 11.6 Å². The highest BCUT2D eigenvalue weighted by atomic mass is 14.5. The Kier molecular flexibility index (Phi) is 0.149. The van der Waals surface area contributed by atoms with E-state index in [0.29, 0.717) is 0 Å². The SMILES string of the molecule is NC1=C[B]1. The molecular weight excluding hydrogens is 48.8 g/mol. The van der Waals surface area contributed by atoms with Gasteiger partial charge in [-0.15, -0.1) is 5.98 Å². The summed E-state index contributed by atoms with van der Waals surface area (Å²) in [6, 6.07) is 0. The van der Waals surface area contributed by atoms with E-state index in [2.05, 4.69) is 0 Å². The van der Waals surface area contributed by atoms with Gasteiger partial charge in [0.1, 0.15) is 0 Å². The van der Waals surface area contributed by atoms with Gasteiger partial charge in [-0.25, -0.2) is 0 Å². The van der Waals surface area contributed by atoms with E-state index in [1.165, 1.54) is 0 Å². The predicted octanol–water partition coefficient (Wildman–Crippen LogP) is -0.538. The minimum absolute atomic E-state index is 0.917. The van der Waals surface area contributed by atoms with Crippen molar-refractivity contribution in [3.05, 3.63) is 11.6 Å². The van der Waals surface area contributed by atoms with E-state index in [1.54, 1.807) is 0 Å². The van der Waals surface area contributed by atoms with E-state index in [-0.39, 0.29) is 0 Å². The molecule has 0 saturated heterocycles. The molecule has 0 unspecified atom stereocenters. The highest BCUT2D eigenvalue weighted by molar-refractivity contribution is 6.63. The van der Waals surface area contributed by atoms with Crippen LogP contribution in [0.25, 0.3) is 0 Å². The molecule has 1 nitrogen and oxygen atoms in total. The third kappa shape index (κ3) is 0.0866. The highest BCUT2D eigenvalue weighted by Gasteiger charge is 1.99. The topological polar surface area (TPSA) is 26.0 Å². The number of nitrogens with two attached hydrogens (primary N) is 1. The normalized spacial score (nSPS) is 17.5. The molecule has 1 aliphatic rings. The van der Waals surface area contributed by atoms with Crippen LogP contribution >= 0.6 is 0 Å². The fraction of sp³-hybridized carbons (Fsp3) is 0. The molecule has 2 N–H and O–H groups in total. The second-order valence-corrected chi connectivity index (χ2v) is 0.833. The van der Waals surface area contributed by atoms with Crippen LogP contribution in [0.2, 0.25) is 0 Å². The molecule has 0 aromatic heterocycles. The molecule has 1 rings (SSSR count). The van der Waals surface area contributed by atoms with E-state index in [1.807, 2.05) is 13.3 Å². The van der Waals surface area contributed by atoms with Gasteiger partial charge in [0, 0.05) is 0 Å². The average molecular weight is 51.9 g/mol. The summed E-state index contributed by atoms with van der Waals surface area (Å²) in [7, 11) is 1.86. The van der Waals surface area contributed by atoms with E-state index in [0.717, 1.165) is 5.60 Å². The third-order valence-electron chi connectivity index (χ3n) is 0.359. The van der Waals surface area contributed by atoms with Gasteiger partial charge in [-0.1, -0.05) is 0 Å². The van der Waals surface area contributed by atoms with Crippen LogP contribution in [0.1, 0.15) is 0 Å². The lowest BCUT2D eigenvalue weighted by Gasteiger charge is -1.53. The zero-order chi connectivity index (χ0) is 2.99. The van der Waals surface area contributed by atoms with Crippen molar-refractivity contribution in [2.24, 2.45) is 5.73 Å². The summed E-state index contributed by atoms with van der Waals surface area (Å²) in [4.78, 5) is 0. The molecule has 0 spiro atoms. The first-order valence-electron chi connectivity index (χ1n) is 1.20. The first-order valence-corrected chi connectivity index (χ1v) is 1.20. The monoisotopic (exact) mass is 52.0 g/mol. The Morgan fingerprint density at radius 3 is 2.25 bits per heavy atom. The van der Waals surface area contributed by atoms with Gasteiger partial charge in [-0.05, 0) is 5.60 Å². The molecule has 2 heteroatoms. The maximum Gasteiger partial charge on any atom is 0.202 e. The van der Waals surface area contributed by atoms with Crippen LogP contribution < -0.4 is 5.73 Å². The fourth-order valence-corrected chi connectivity index (χ4v) is 0.0481. The minimum atomic E-state index is 0.917. The van der Waals surface area contributed by atoms with E-state index in [4.69, 9.17) is 5.73 Å². The lowest BCUT2D eigenvalue weighted by Crippen LogP contribution is -1.81. The van der Waals surface area contributed by atoms with Gasteiger partial charge in [0.05, 0.1) is 0 Å². The van der Waals surface area contributed by atoms with E-state index >= 15 is 0 Å². The van der Waals surface area contributed by atoms with Crippen LogP contribution in [-0.2, 0) is 0 Å². The number of hydrogen-bond acceptors (Lipinski definition) is 1. The molecule has 0 atom stereocenters. The van der Waals surface area contributed by atoms with Crippen LogP contribution in [0, 0.1) is 0 Å². The summed E-state index contributed by atoms with van der Waals surface area (Å²) in [6.45, 7) is 0. The third-order valence-corrected chi connectivity index (χ3v) is 0.359. The summed E-state index contributed by atoms with van der Waals surface area (Å²) in [6.07, 6.45) is 0. The van der Waals surface area contributed by atoms with Gasteiger partial charge >= 0.3 is 0 Å². The van der Waals surface area contributed by atoms with Crippen LogP contribution in [-0.4, -0.2) is 7.28 Å². The average Bonchev–Trinajstić information content (AvgIpc) is 1.75. The van der Waals surface area contributed by atoms with Crippen LogP contribution in [0.5, 0.6) is 0 Å². The first-order chi connectivity index (χ1) is 1.89. The second-order valence-electron chi connectivity index (χ2n) is 0.833. The van der Waals surface area contributed by atoms with Crippen LogP contribution in [0.3, 0.4) is 0 Å². The van der Waals surface area contributed by atoms with Crippen molar-refractivity contribution in [1.29, 1.82) is 0 Å². The lowest BCUT2D eigenvalue weighted by atomic mass is 10.0. The van der Waals surface area contributed by atoms with Gasteiger partial charge in [-0.2, -0.15) is 0 Å². The molecule has 19 valence electrons. The van der Waals surface area contributed by atoms with Crippen molar-refractivity contribution in [2.45, 2.75) is 0 Å². The summed E-state index contributed by atoms with van der Waals surface area (Å²) in [5.41, 5.74) is 5.94. The number of rotatable bonds is 0. The molecule has 0 amide bonds. The van der Waals surface area contributed by atoms with Gasteiger partial charge in [0.25, 0.3) is 0 Å². The zero-order valence-electron chi connectivity index (χ0n) is 2.23. The molecule has 0 fully saturated rings. The maximum atomic E-state index is 5.03. The van der Waals surface area contributed by atoms with Gasteiger partial charge in [0.2, 0.25) is 7.28 Å². The largest absolute Gasteiger partial charge is 0.411 e. The van der Waals surface area contributed by atoms with E-state index in [9.17, 15) is 0 Å². The molecular formula is C2H3BN. The Morgan fingerprint density at radius 1 is 2.00 bits per heavy atom. The summed E-state index contributed by atoms with van der Waals surface area (Å²) in [5, 5.41) is 0. The Hall–Kier alpha value is -0.395. The molecule has 0 saturated carbocycles. The standard InChI is InChI=1S/C2H3BN/c4-2-1-3-2/h1H,4H2. The maximum absolute atomic E-state index is 5.03. The predicted molar refractivity (Wildman–Crippen MR) is 18.0 cm³/mol. The molecule has 4 heavy (non-hydrogen) atoms. The highest BCUT2D eigenvalue weighted by Crippen LogP contribution is 1.92.